The molecule has 0 aliphatic heterocycles. The fourth-order valence-corrected chi connectivity index (χ4v) is 7.84. The number of carbonyl (C=O) groups excluding carboxylic acids is 2. The normalized spacial score (nSPS) is 13.8. The Hall–Kier alpha value is -1.81. The summed E-state index contributed by atoms with van der Waals surface area (Å²) in [4.78, 5) is 35.1. The molecule has 3 atom stereocenters. The first-order chi connectivity index (χ1) is 29.7. The van der Waals surface area contributed by atoms with Gasteiger partial charge in [0.15, 0.2) is 6.10 Å². The predicted octanol–water partition coefficient (Wildman–Crippen LogP) is 13.9. The molecule has 0 saturated heterocycles. The van der Waals surface area contributed by atoms with Crippen molar-refractivity contribution in [3.05, 3.63) is 37.0 Å². The van der Waals surface area contributed by atoms with Crippen molar-refractivity contribution in [2.75, 3.05) is 26.4 Å². The Morgan fingerprint density at radius 1 is 0.525 bits per heavy atom. The van der Waals surface area contributed by atoms with E-state index in [4.69, 9.17) is 23.6 Å². The monoisotopic (exact) mass is 885 g/mol. The highest BCUT2D eigenvalue weighted by atomic mass is 31.2. The lowest BCUT2D eigenvalue weighted by atomic mass is 10.0. The van der Waals surface area contributed by atoms with Gasteiger partial charge in [-0.2, -0.15) is 0 Å². The van der Waals surface area contributed by atoms with Crippen LogP contribution < -0.4 is 0 Å². The molecule has 0 spiro atoms. The summed E-state index contributed by atoms with van der Waals surface area (Å²) in [5.41, 5.74) is 0. The van der Waals surface area contributed by atoms with E-state index in [-0.39, 0.29) is 19.4 Å². The molecule has 0 saturated carbocycles. The number of unbranched alkanes of at least 4 members (excludes halogenated alkanes) is 29. The number of esters is 2. The van der Waals surface area contributed by atoms with E-state index in [9.17, 15) is 24.2 Å². The predicted molar refractivity (Wildman–Crippen MR) is 251 cm³/mol. The average Bonchev–Trinajstić information content (AvgIpc) is 3.25. The average molecular weight is 885 g/mol. The molecule has 10 nitrogen and oxygen atoms in total. The van der Waals surface area contributed by atoms with Crippen molar-refractivity contribution >= 4 is 19.8 Å². The molecule has 0 aromatic heterocycles. The first-order valence-corrected chi connectivity index (χ1v) is 26.4. The Kier molecular flexibility index (Phi) is 44.8. The number of rotatable bonds is 48. The van der Waals surface area contributed by atoms with E-state index >= 15 is 0 Å². The molecule has 0 bridgehead atoms. The van der Waals surface area contributed by atoms with Gasteiger partial charge in [-0.3, -0.25) is 18.6 Å². The number of phosphoric ester groups is 1. The lowest BCUT2D eigenvalue weighted by molar-refractivity contribution is -0.161. The fraction of sp³-hybridized carbons (Fsp3) is 0.840. The Morgan fingerprint density at radius 2 is 0.918 bits per heavy atom. The minimum absolute atomic E-state index is 0.175. The highest BCUT2D eigenvalue weighted by molar-refractivity contribution is 7.47. The summed E-state index contributed by atoms with van der Waals surface area (Å²) in [5, 5.41) is 18.4. The minimum atomic E-state index is -4.63. The van der Waals surface area contributed by atoms with Crippen molar-refractivity contribution < 1.29 is 47.8 Å². The van der Waals surface area contributed by atoms with Gasteiger partial charge >= 0.3 is 19.8 Å². The molecule has 0 heterocycles. The van der Waals surface area contributed by atoms with Gasteiger partial charge in [0, 0.05) is 12.8 Å². The molecular weight excluding hydrogens is 792 g/mol. The van der Waals surface area contributed by atoms with Gasteiger partial charge in [0.25, 0.3) is 0 Å². The Labute approximate surface area is 373 Å². The number of aliphatic hydroxyl groups is 2. The van der Waals surface area contributed by atoms with Crippen LogP contribution in [0.2, 0.25) is 0 Å². The molecule has 1 unspecified atom stereocenters. The quantitative estimate of drug-likeness (QED) is 0.0233. The molecule has 358 valence electrons. The Morgan fingerprint density at radius 3 is 1.39 bits per heavy atom. The lowest BCUT2D eigenvalue weighted by Gasteiger charge is -2.20. The van der Waals surface area contributed by atoms with Crippen molar-refractivity contribution in [1.82, 2.24) is 0 Å². The van der Waals surface area contributed by atoms with Crippen LogP contribution in [0.25, 0.3) is 0 Å². The first kappa shape index (κ1) is 59.2. The molecule has 11 heteroatoms. The van der Waals surface area contributed by atoms with Gasteiger partial charge in [0.05, 0.1) is 19.8 Å². The number of allylic oxidation sites excluding steroid dienone is 5. The van der Waals surface area contributed by atoms with Crippen molar-refractivity contribution in [1.29, 1.82) is 0 Å². The number of aliphatic hydroxyl groups excluding tert-OH is 2. The van der Waals surface area contributed by atoms with E-state index in [0.717, 1.165) is 51.4 Å². The second-order valence-electron chi connectivity index (χ2n) is 16.9. The van der Waals surface area contributed by atoms with E-state index in [2.05, 4.69) is 37.8 Å². The van der Waals surface area contributed by atoms with Gasteiger partial charge in [0.2, 0.25) is 0 Å². The molecule has 0 fully saturated rings. The fourth-order valence-electron chi connectivity index (χ4n) is 7.05. The summed E-state index contributed by atoms with van der Waals surface area (Å²) >= 11 is 0. The van der Waals surface area contributed by atoms with Crippen LogP contribution in [0.4, 0.5) is 0 Å². The van der Waals surface area contributed by atoms with Crippen LogP contribution in [-0.4, -0.2) is 65.7 Å². The van der Waals surface area contributed by atoms with E-state index < -0.39 is 51.8 Å². The van der Waals surface area contributed by atoms with Crippen LogP contribution in [-0.2, 0) is 32.7 Å². The second-order valence-corrected chi connectivity index (χ2v) is 18.4. The molecule has 0 radical (unpaired) electrons. The number of hydrogen-bond acceptors (Lipinski definition) is 9. The third-order valence-corrected chi connectivity index (χ3v) is 11.8. The van der Waals surface area contributed by atoms with Gasteiger partial charge < -0.3 is 24.6 Å². The topological polar surface area (TPSA) is 149 Å². The number of hydrogen-bond donors (Lipinski definition) is 3. The van der Waals surface area contributed by atoms with Crippen LogP contribution in [0.5, 0.6) is 0 Å². The Balaban J connectivity index is 4.19. The zero-order chi connectivity index (χ0) is 44.8. The number of carbonyl (C=O) groups is 2. The number of phosphoric acid groups is 1. The van der Waals surface area contributed by atoms with Gasteiger partial charge in [-0.1, -0.05) is 191 Å². The lowest BCUT2D eigenvalue weighted by Crippen LogP contribution is -2.29. The van der Waals surface area contributed by atoms with Gasteiger partial charge in [-0.15, -0.1) is 6.58 Å². The molecule has 0 rings (SSSR count). The summed E-state index contributed by atoms with van der Waals surface area (Å²) in [6.07, 6.45) is 48.8. The van der Waals surface area contributed by atoms with Crippen LogP contribution in [0.1, 0.15) is 232 Å². The van der Waals surface area contributed by atoms with E-state index in [0.29, 0.717) is 12.8 Å². The summed E-state index contributed by atoms with van der Waals surface area (Å²) < 4.78 is 32.8. The van der Waals surface area contributed by atoms with Crippen molar-refractivity contribution in [3.8, 4) is 0 Å². The van der Waals surface area contributed by atoms with Gasteiger partial charge in [-0.05, 0) is 57.8 Å². The highest BCUT2D eigenvalue weighted by Gasteiger charge is 2.27. The van der Waals surface area contributed by atoms with Crippen LogP contribution in [0.15, 0.2) is 37.0 Å². The standard InChI is InChI=1S/C50H93O10P/c1-3-5-7-9-11-13-15-17-19-20-21-22-23-24-25-26-28-29-31-33-35-37-39-41-49(53)57-45-48(46-59-61(55,56)58-44-47(52)43-51)60-50(54)42-40-38-36-34-32-30-27-18-16-14-12-10-8-6-4-2/h4,26,28,33,35,47-48,51-52H,2-3,5-25,27,29-32,34,36-46H2,1H3,(H,55,56)/b28-26+,35-33+/t47-,48+/m1/s1. The van der Waals surface area contributed by atoms with Gasteiger partial charge in [-0.25, -0.2) is 4.57 Å². The first-order valence-electron chi connectivity index (χ1n) is 24.9. The minimum Gasteiger partial charge on any atom is -0.462 e. The Bertz CT molecular complexity index is 1100. The number of ether oxygens (including phenoxy) is 2. The third-order valence-electron chi connectivity index (χ3n) is 10.9. The largest absolute Gasteiger partial charge is 0.472 e. The molecule has 0 aromatic rings. The molecule has 0 aliphatic rings. The molecule has 61 heavy (non-hydrogen) atoms. The van der Waals surface area contributed by atoms with E-state index in [1.807, 2.05) is 6.08 Å². The highest BCUT2D eigenvalue weighted by Crippen LogP contribution is 2.43. The second kappa shape index (κ2) is 46.2. The SMILES string of the molecule is C=CCCCCCCCCCCCCCCCC(=O)O[C@@H](COC(=O)CCC/C=C/CC/C=C/CCCCCCCCCCCCCCCC)COP(=O)(O)OC[C@H](O)CO. The molecule has 0 aromatic carbocycles. The third kappa shape index (κ3) is 46.0. The van der Waals surface area contributed by atoms with Crippen molar-refractivity contribution in [2.24, 2.45) is 0 Å². The molecular formula is C50H93O10P. The summed E-state index contributed by atoms with van der Waals surface area (Å²) in [7, 11) is -4.63. The van der Waals surface area contributed by atoms with Crippen LogP contribution >= 0.6 is 7.82 Å². The van der Waals surface area contributed by atoms with E-state index in [1.165, 1.54) is 148 Å². The van der Waals surface area contributed by atoms with E-state index in [1.54, 1.807) is 0 Å². The maximum atomic E-state index is 12.6. The maximum Gasteiger partial charge on any atom is 0.472 e. The smallest absolute Gasteiger partial charge is 0.462 e. The summed E-state index contributed by atoms with van der Waals surface area (Å²) in [5.74, 6) is -0.969. The van der Waals surface area contributed by atoms with Crippen molar-refractivity contribution in [2.45, 2.75) is 244 Å². The molecule has 0 amide bonds. The summed E-state index contributed by atoms with van der Waals surface area (Å²) in [6, 6.07) is 0. The maximum absolute atomic E-state index is 12.6. The molecule has 0 aliphatic carbocycles. The van der Waals surface area contributed by atoms with Crippen LogP contribution in [0, 0.1) is 0 Å². The van der Waals surface area contributed by atoms with Crippen LogP contribution in [0.3, 0.4) is 0 Å². The van der Waals surface area contributed by atoms with Crippen molar-refractivity contribution in [3.63, 3.8) is 0 Å². The summed E-state index contributed by atoms with van der Waals surface area (Å²) in [6.45, 7) is 3.90. The zero-order valence-electron chi connectivity index (χ0n) is 39.0. The zero-order valence-corrected chi connectivity index (χ0v) is 39.9. The van der Waals surface area contributed by atoms with Gasteiger partial charge in [0.1, 0.15) is 12.7 Å². The molecule has 3 N–H and O–H groups in total.